The molecule has 8 heteroatoms. The Hall–Kier alpha value is -2.64. The Morgan fingerprint density at radius 2 is 2.14 bits per heavy atom. The number of halogens is 1. The van der Waals surface area contributed by atoms with Crippen LogP contribution < -0.4 is 10.1 Å². The first kappa shape index (κ1) is 14.8. The second kappa shape index (κ2) is 6.21. The second-order valence-corrected chi connectivity index (χ2v) is 4.40. The molecule has 1 heterocycles. The highest BCUT2D eigenvalue weighted by Gasteiger charge is 2.35. The van der Waals surface area contributed by atoms with Crippen LogP contribution in [0.25, 0.3) is 0 Å². The SMILES string of the molecule is O=C1CN(C(=O)COc2ccccc2F)C(C(=O)O)CN1. The number of hydrogen-bond acceptors (Lipinski definition) is 4. The van der Waals surface area contributed by atoms with Gasteiger partial charge < -0.3 is 20.1 Å². The summed E-state index contributed by atoms with van der Waals surface area (Å²) in [5.41, 5.74) is 0. The van der Waals surface area contributed by atoms with E-state index in [0.29, 0.717) is 0 Å². The van der Waals surface area contributed by atoms with Gasteiger partial charge in [0.15, 0.2) is 18.2 Å². The van der Waals surface area contributed by atoms with Crippen molar-refractivity contribution < 1.29 is 28.6 Å². The predicted octanol–water partition coefficient (Wildman–Crippen LogP) is -0.384. The summed E-state index contributed by atoms with van der Waals surface area (Å²) in [6, 6.07) is 4.38. The molecule has 0 bridgehead atoms. The highest BCUT2D eigenvalue weighted by molar-refractivity contribution is 5.91. The number of para-hydroxylation sites is 1. The first-order valence-electron chi connectivity index (χ1n) is 6.15. The van der Waals surface area contributed by atoms with Gasteiger partial charge in [0.1, 0.15) is 12.6 Å². The molecule has 21 heavy (non-hydrogen) atoms. The van der Waals surface area contributed by atoms with Gasteiger partial charge in [-0.1, -0.05) is 12.1 Å². The summed E-state index contributed by atoms with van der Waals surface area (Å²) in [4.78, 5) is 35.2. The summed E-state index contributed by atoms with van der Waals surface area (Å²) in [7, 11) is 0. The highest BCUT2D eigenvalue weighted by Crippen LogP contribution is 2.15. The van der Waals surface area contributed by atoms with Crippen molar-refractivity contribution in [1.29, 1.82) is 0 Å². The average molecular weight is 296 g/mol. The van der Waals surface area contributed by atoms with E-state index in [1.54, 1.807) is 0 Å². The molecular weight excluding hydrogens is 283 g/mol. The minimum atomic E-state index is -1.23. The number of nitrogens with one attached hydrogen (secondary N) is 1. The number of carboxylic acids is 1. The Kier molecular flexibility index (Phi) is 4.36. The van der Waals surface area contributed by atoms with Crippen molar-refractivity contribution >= 4 is 17.8 Å². The van der Waals surface area contributed by atoms with E-state index in [-0.39, 0.29) is 18.8 Å². The third-order valence-corrected chi connectivity index (χ3v) is 2.98. The number of piperazine rings is 1. The van der Waals surface area contributed by atoms with Gasteiger partial charge in [-0.15, -0.1) is 0 Å². The average Bonchev–Trinajstić information content (AvgIpc) is 2.45. The van der Waals surface area contributed by atoms with Gasteiger partial charge in [-0.05, 0) is 12.1 Å². The standard InChI is InChI=1S/C13H13FN2O5/c14-8-3-1-2-4-10(8)21-7-12(18)16-6-11(17)15-5-9(16)13(19)20/h1-4,9H,5-7H2,(H,15,17)(H,19,20). The first-order valence-corrected chi connectivity index (χ1v) is 6.15. The predicted molar refractivity (Wildman–Crippen MR) is 68.0 cm³/mol. The van der Waals surface area contributed by atoms with Crippen molar-refractivity contribution in [1.82, 2.24) is 10.2 Å². The number of nitrogens with zero attached hydrogens (tertiary/aromatic N) is 1. The number of aliphatic carboxylic acids is 1. The maximum Gasteiger partial charge on any atom is 0.328 e. The fourth-order valence-electron chi connectivity index (χ4n) is 1.91. The molecule has 2 N–H and O–H groups in total. The third-order valence-electron chi connectivity index (χ3n) is 2.98. The van der Waals surface area contributed by atoms with Crippen molar-refractivity contribution in [2.24, 2.45) is 0 Å². The molecule has 0 aliphatic carbocycles. The molecule has 1 aromatic carbocycles. The molecule has 1 fully saturated rings. The van der Waals surface area contributed by atoms with E-state index in [9.17, 15) is 18.8 Å². The molecule has 0 spiro atoms. The smallest absolute Gasteiger partial charge is 0.328 e. The lowest BCUT2D eigenvalue weighted by Crippen LogP contribution is -2.60. The van der Waals surface area contributed by atoms with Crippen molar-refractivity contribution in [2.75, 3.05) is 19.7 Å². The molecule has 1 aliphatic heterocycles. The van der Waals surface area contributed by atoms with E-state index in [1.165, 1.54) is 24.3 Å². The van der Waals surface area contributed by atoms with Gasteiger partial charge >= 0.3 is 5.97 Å². The minimum Gasteiger partial charge on any atom is -0.481 e. The lowest BCUT2D eigenvalue weighted by atomic mass is 10.2. The van der Waals surface area contributed by atoms with Crippen LogP contribution in [0.4, 0.5) is 4.39 Å². The van der Waals surface area contributed by atoms with Gasteiger partial charge in [0, 0.05) is 6.54 Å². The summed E-state index contributed by atoms with van der Waals surface area (Å²) in [5.74, 6) is -3.11. The lowest BCUT2D eigenvalue weighted by Gasteiger charge is -2.32. The number of rotatable bonds is 4. The van der Waals surface area contributed by atoms with Crippen LogP contribution in [0.1, 0.15) is 0 Å². The molecule has 2 amide bonds. The van der Waals surface area contributed by atoms with Crippen LogP contribution in [0.15, 0.2) is 24.3 Å². The van der Waals surface area contributed by atoms with Gasteiger partial charge in [-0.2, -0.15) is 0 Å². The lowest BCUT2D eigenvalue weighted by molar-refractivity contribution is -0.154. The van der Waals surface area contributed by atoms with E-state index in [4.69, 9.17) is 9.84 Å². The number of hydrogen-bond donors (Lipinski definition) is 2. The number of carbonyl (C=O) groups is 3. The van der Waals surface area contributed by atoms with Crippen LogP contribution in [0.2, 0.25) is 0 Å². The summed E-state index contributed by atoms with van der Waals surface area (Å²) < 4.78 is 18.4. The van der Waals surface area contributed by atoms with Crippen LogP contribution in [0.3, 0.4) is 0 Å². The molecule has 1 saturated heterocycles. The molecule has 1 unspecified atom stereocenters. The van der Waals surface area contributed by atoms with E-state index < -0.39 is 36.2 Å². The van der Waals surface area contributed by atoms with Gasteiger partial charge in [0.05, 0.1) is 0 Å². The summed E-state index contributed by atoms with van der Waals surface area (Å²) in [6.07, 6.45) is 0. The summed E-state index contributed by atoms with van der Waals surface area (Å²) in [5, 5.41) is 11.4. The topological polar surface area (TPSA) is 95.9 Å². The van der Waals surface area contributed by atoms with Crippen molar-refractivity contribution in [3.63, 3.8) is 0 Å². The van der Waals surface area contributed by atoms with Crippen LogP contribution in [0.5, 0.6) is 5.75 Å². The van der Waals surface area contributed by atoms with Crippen LogP contribution >= 0.6 is 0 Å². The molecule has 2 rings (SSSR count). The Bertz CT molecular complexity index is 577. The van der Waals surface area contributed by atoms with Crippen molar-refractivity contribution in [3.8, 4) is 5.75 Å². The normalized spacial score (nSPS) is 18.0. The Morgan fingerprint density at radius 1 is 1.43 bits per heavy atom. The van der Waals surface area contributed by atoms with Gasteiger partial charge in [0.25, 0.3) is 5.91 Å². The molecule has 0 saturated carbocycles. The molecule has 1 aliphatic rings. The fraction of sp³-hybridized carbons (Fsp3) is 0.308. The quantitative estimate of drug-likeness (QED) is 0.789. The van der Waals surface area contributed by atoms with Crippen LogP contribution in [-0.4, -0.2) is 53.5 Å². The van der Waals surface area contributed by atoms with Crippen LogP contribution in [-0.2, 0) is 14.4 Å². The highest BCUT2D eigenvalue weighted by atomic mass is 19.1. The maximum absolute atomic E-state index is 13.3. The molecule has 0 radical (unpaired) electrons. The fourth-order valence-corrected chi connectivity index (χ4v) is 1.91. The number of ether oxygens (including phenoxy) is 1. The second-order valence-electron chi connectivity index (χ2n) is 4.40. The maximum atomic E-state index is 13.3. The number of benzene rings is 1. The molecule has 0 aromatic heterocycles. The van der Waals surface area contributed by atoms with Gasteiger partial charge in [-0.25, -0.2) is 9.18 Å². The number of amides is 2. The Balaban J connectivity index is 2.02. The monoisotopic (exact) mass is 296 g/mol. The zero-order valence-electron chi connectivity index (χ0n) is 10.9. The van der Waals surface area contributed by atoms with E-state index >= 15 is 0 Å². The van der Waals surface area contributed by atoms with Crippen molar-refractivity contribution in [2.45, 2.75) is 6.04 Å². The summed E-state index contributed by atoms with van der Waals surface area (Å²) in [6.45, 7) is -1.08. The first-order chi connectivity index (χ1) is 9.99. The number of carbonyl (C=O) groups excluding carboxylic acids is 2. The Morgan fingerprint density at radius 3 is 2.81 bits per heavy atom. The number of carboxylic acid groups (broad SMARTS) is 1. The molecule has 112 valence electrons. The molecule has 1 aromatic rings. The van der Waals surface area contributed by atoms with E-state index in [1.807, 2.05) is 0 Å². The third kappa shape index (κ3) is 3.47. The van der Waals surface area contributed by atoms with Gasteiger partial charge in [-0.3, -0.25) is 9.59 Å². The zero-order valence-corrected chi connectivity index (χ0v) is 10.9. The molecular formula is C13H13FN2O5. The van der Waals surface area contributed by atoms with Gasteiger partial charge in [0.2, 0.25) is 5.91 Å². The molecule has 7 nitrogen and oxygen atoms in total. The summed E-state index contributed by atoms with van der Waals surface area (Å²) >= 11 is 0. The Labute approximate surface area is 119 Å². The van der Waals surface area contributed by atoms with Crippen LogP contribution in [0, 0.1) is 5.82 Å². The van der Waals surface area contributed by atoms with Crippen molar-refractivity contribution in [3.05, 3.63) is 30.1 Å². The van der Waals surface area contributed by atoms with E-state index in [0.717, 1.165) is 4.90 Å². The van der Waals surface area contributed by atoms with E-state index in [2.05, 4.69) is 5.32 Å². The minimum absolute atomic E-state index is 0.112. The largest absolute Gasteiger partial charge is 0.481 e. The zero-order chi connectivity index (χ0) is 15.4. The molecule has 1 atom stereocenters.